The number of carbonyl (C=O) groups excluding carboxylic acids is 1. The lowest BCUT2D eigenvalue weighted by Crippen LogP contribution is -2.48. The van der Waals surface area contributed by atoms with Gasteiger partial charge < -0.3 is 20.1 Å². The molecule has 1 aliphatic heterocycles. The lowest BCUT2D eigenvalue weighted by atomic mass is 10.2. The topological polar surface area (TPSA) is 62.8 Å². The maximum Gasteiger partial charge on any atom is 0.216 e. The molecule has 6 nitrogen and oxygen atoms in total. The molecule has 2 N–H and O–H groups in total. The molecule has 23 heavy (non-hydrogen) atoms. The van der Waals surface area contributed by atoms with E-state index in [1.54, 1.807) is 0 Å². The number of nitrogens with one attached hydrogen (secondary N) is 2. The zero-order chi connectivity index (χ0) is 17.5. The Balaban J connectivity index is -0.00000116. The lowest BCUT2D eigenvalue weighted by molar-refractivity contribution is -0.120. The van der Waals surface area contributed by atoms with Crippen LogP contribution < -0.4 is 10.6 Å². The van der Waals surface area contributed by atoms with Gasteiger partial charge in [-0.2, -0.15) is 0 Å². The van der Waals surface area contributed by atoms with E-state index in [9.17, 15) is 4.79 Å². The first-order valence-corrected chi connectivity index (χ1v) is 9.01. The highest BCUT2D eigenvalue weighted by molar-refractivity contribution is 5.72. The van der Waals surface area contributed by atoms with Gasteiger partial charge in [0.2, 0.25) is 5.91 Å². The van der Waals surface area contributed by atoms with E-state index in [1.165, 1.54) is 6.92 Å². The van der Waals surface area contributed by atoms with Gasteiger partial charge in [0.25, 0.3) is 0 Å². The first-order valence-electron chi connectivity index (χ1n) is 9.01. The van der Waals surface area contributed by atoms with Crippen LogP contribution in [-0.2, 0) is 14.3 Å². The van der Waals surface area contributed by atoms with Crippen LogP contribution >= 0.6 is 0 Å². The summed E-state index contributed by atoms with van der Waals surface area (Å²) in [5, 5.41) is 6.21. The number of ether oxygens (including phenoxy) is 2. The summed E-state index contributed by atoms with van der Waals surface area (Å²) in [6, 6.07) is 0.558. The quantitative estimate of drug-likeness (QED) is 0.596. The minimum Gasteiger partial charge on any atom is -0.379 e. The van der Waals surface area contributed by atoms with E-state index < -0.39 is 0 Å². The van der Waals surface area contributed by atoms with Crippen molar-refractivity contribution < 1.29 is 17.1 Å². The molecule has 142 valence electrons. The van der Waals surface area contributed by atoms with Gasteiger partial charge >= 0.3 is 0 Å². The monoisotopic (exact) mass is 335 g/mol. The molecule has 0 aliphatic carbocycles. The molecule has 6 heteroatoms. The molecular weight excluding hydrogens is 294 g/mol. The van der Waals surface area contributed by atoms with Crippen molar-refractivity contribution in [2.75, 3.05) is 52.5 Å². The molecule has 0 bridgehead atoms. The van der Waals surface area contributed by atoms with Crippen molar-refractivity contribution in [3.05, 3.63) is 0 Å². The largest absolute Gasteiger partial charge is 0.379 e. The number of rotatable bonds is 10. The molecule has 1 heterocycles. The van der Waals surface area contributed by atoms with Gasteiger partial charge in [0, 0.05) is 48.5 Å². The van der Waals surface area contributed by atoms with Crippen LogP contribution in [0.4, 0.5) is 0 Å². The van der Waals surface area contributed by atoms with Crippen LogP contribution in [0.3, 0.4) is 0 Å². The fourth-order valence-electron chi connectivity index (χ4n) is 2.18. The van der Waals surface area contributed by atoms with Gasteiger partial charge in [0.1, 0.15) is 0 Å². The van der Waals surface area contributed by atoms with Crippen LogP contribution in [0.5, 0.6) is 0 Å². The Morgan fingerprint density at radius 3 is 2.83 bits per heavy atom. The third-order valence-electron chi connectivity index (χ3n) is 3.71. The molecule has 1 rings (SSSR count). The second kappa shape index (κ2) is 14.9. The summed E-state index contributed by atoms with van der Waals surface area (Å²) >= 11 is 0. The fraction of sp³-hybridized carbons (Fsp3) is 0.941. The SMILES string of the molecule is CC.CCC(C)NCCOCCN1CCOC(CNC(C)=O)C1.[HH].[HH]. The highest BCUT2D eigenvalue weighted by Gasteiger charge is 2.20. The van der Waals surface area contributed by atoms with Crippen molar-refractivity contribution in [2.24, 2.45) is 0 Å². The van der Waals surface area contributed by atoms with E-state index in [2.05, 4.69) is 29.4 Å². The summed E-state index contributed by atoms with van der Waals surface area (Å²) in [5.74, 6) is -0.00661. The van der Waals surface area contributed by atoms with Gasteiger partial charge in [-0.25, -0.2) is 0 Å². The summed E-state index contributed by atoms with van der Waals surface area (Å²) in [6.07, 6.45) is 1.23. The van der Waals surface area contributed by atoms with Crippen LogP contribution in [0.1, 0.15) is 43.9 Å². The Labute approximate surface area is 145 Å². The predicted octanol–water partition coefficient (Wildman–Crippen LogP) is 1.75. The van der Waals surface area contributed by atoms with Crippen molar-refractivity contribution in [1.29, 1.82) is 0 Å². The van der Waals surface area contributed by atoms with Crippen LogP contribution in [0.15, 0.2) is 0 Å². The number of morpholine rings is 1. The van der Waals surface area contributed by atoms with E-state index in [0.29, 0.717) is 12.6 Å². The summed E-state index contributed by atoms with van der Waals surface area (Å²) in [4.78, 5) is 13.2. The highest BCUT2D eigenvalue weighted by atomic mass is 16.5. The first-order chi connectivity index (χ1) is 11.1. The van der Waals surface area contributed by atoms with Crippen LogP contribution in [0, 0.1) is 0 Å². The third-order valence-corrected chi connectivity index (χ3v) is 3.71. The maximum atomic E-state index is 10.9. The Bertz CT molecular complexity index is 300. The molecule has 2 atom stereocenters. The minimum absolute atomic E-state index is 0. The summed E-state index contributed by atoms with van der Waals surface area (Å²) < 4.78 is 11.3. The molecule has 1 aliphatic rings. The van der Waals surface area contributed by atoms with Crippen LogP contribution in [0.25, 0.3) is 0 Å². The normalized spacial score (nSPS) is 19.6. The highest BCUT2D eigenvalue weighted by Crippen LogP contribution is 2.04. The average Bonchev–Trinajstić information content (AvgIpc) is 2.58. The van der Waals surface area contributed by atoms with E-state index in [1.807, 2.05) is 13.8 Å². The minimum atomic E-state index is -0.00661. The third kappa shape index (κ3) is 12.4. The van der Waals surface area contributed by atoms with Crippen LogP contribution in [0.2, 0.25) is 0 Å². The number of carbonyl (C=O) groups is 1. The zero-order valence-electron chi connectivity index (χ0n) is 15.7. The van der Waals surface area contributed by atoms with Crippen molar-refractivity contribution in [3.8, 4) is 0 Å². The van der Waals surface area contributed by atoms with Crippen molar-refractivity contribution in [1.82, 2.24) is 15.5 Å². The second-order valence-electron chi connectivity index (χ2n) is 5.61. The summed E-state index contributed by atoms with van der Waals surface area (Å²) in [7, 11) is 0. The van der Waals surface area contributed by atoms with E-state index in [4.69, 9.17) is 9.47 Å². The molecule has 1 amide bonds. The number of nitrogens with zero attached hydrogens (tertiary/aromatic N) is 1. The number of amides is 1. The van der Waals surface area contributed by atoms with Gasteiger partial charge in [-0.15, -0.1) is 0 Å². The molecule has 1 fully saturated rings. The second-order valence-corrected chi connectivity index (χ2v) is 5.61. The van der Waals surface area contributed by atoms with Gasteiger partial charge in [0.05, 0.1) is 25.9 Å². The van der Waals surface area contributed by atoms with E-state index >= 15 is 0 Å². The summed E-state index contributed by atoms with van der Waals surface area (Å²) in [6.45, 7) is 16.3. The molecular formula is C17H41N3O3. The fourth-order valence-corrected chi connectivity index (χ4v) is 2.18. The molecule has 0 spiro atoms. The standard InChI is InChI=1S/C15H31N3O3.C2H6.2H2/c1-4-13(2)16-5-8-20-9-6-18-7-10-21-15(12-18)11-17-14(3)19;1-2;;/h13,15-16H,4-12H2,1-3H3,(H,17,19);1-2H3;2*1H. The van der Waals surface area contributed by atoms with Crippen molar-refractivity contribution in [3.63, 3.8) is 0 Å². The Hall–Kier alpha value is -0.690. The molecule has 0 aromatic carbocycles. The van der Waals surface area contributed by atoms with Crippen molar-refractivity contribution >= 4 is 5.91 Å². The van der Waals surface area contributed by atoms with Gasteiger partial charge in [-0.1, -0.05) is 20.8 Å². The van der Waals surface area contributed by atoms with Crippen LogP contribution in [-0.4, -0.2) is 75.5 Å². The smallest absolute Gasteiger partial charge is 0.216 e. The molecule has 1 saturated heterocycles. The van der Waals surface area contributed by atoms with Gasteiger partial charge in [0.15, 0.2) is 0 Å². The molecule has 2 unspecified atom stereocenters. The number of hydrogen-bond acceptors (Lipinski definition) is 5. The van der Waals surface area contributed by atoms with E-state index in [0.717, 1.165) is 52.4 Å². The van der Waals surface area contributed by atoms with Crippen molar-refractivity contribution in [2.45, 2.75) is 53.2 Å². The molecule has 0 radical (unpaired) electrons. The Kier molecular flexibility index (Phi) is 14.4. The first kappa shape index (κ1) is 22.3. The average molecular weight is 336 g/mol. The molecule has 0 saturated carbocycles. The summed E-state index contributed by atoms with van der Waals surface area (Å²) in [5.41, 5.74) is 0. The maximum absolute atomic E-state index is 10.9. The van der Waals surface area contributed by atoms with Gasteiger partial charge in [-0.3, -0.25) is 9.69 Å². The number of hydrogen-bond donors (Lipinski definition) is 2. The molecule has 0 aromatic rings. The van der Waals surface area contributed by atoms with E-state index in [-0.39, 0.29) is 14.9 Å². The van der Waals surface area contributed by atoms with Gasteiger partial charge in [-0.05, 0) is 13.3 Å². The lowest BCUT2D eigenvalue weighted by Gasteiger charge is -2.32. The zero-order valence-corrected chi connectivity index (χ0v) is 15.7. The molecule has 0 aromatic heterocycles. The predicted molar refractivity (Wildman–Crippen MR) is 99.0 cm³/mol. The Morgan fingerprint density at radius 1 is 1.43 bits per heavy atom. The Morgan fingerprint density at radius 2 is 2.17 bits per heavy atom.